The molecule has 0 radical (unpaired) electrons. The molecule has 1 heterocycles. The number of guanidine groups is 1. The molecule has 1 aliphatic rings. The van der Waals surface area contributed by atoms with E-state index in [1.54, 1.807) is 14.2 Å². The Morgan fingerprint density at radius 2 is 2.21 bits per heavy atom. The maximum absolute atomic E-state index is 5.61. The molecule has 0 amide bonds. The number of ether oxygens (including phenoxy) is 2. The van der Waals surface area contributed by atoms with Crippen molar-refractivity contribution in [2.24, 2.45) is 4.99 Å². The molecule has 1 saturated heterocycles. The molecule has 1 fully saturated rings. The Kier molecular flexibility index (Phi) is 8.01. The summed E-state index contributed by atoms with van der Waals surface area (Å²) in [6.45, 7) is 8.09. The Hall–Kier alpha value is -1.63. The summed E-state index contributed by atoms with van der Waals surface area (Å²) in [7, 11) is 3.47. The number of aliphatic imine (C=N–C) groups is 1. The number of nitrogens with one attached hydrogen (secondary N) is 2. The van der Waals surface area contributed by atoms with Gasteiger partial charge in [-0.2, -0.15) is 0 Å². The molecule has 0 spiro atoms. The van der Waals surface area contributed by atoms with Gasteiger partial charge in [-0.25, -0.2) is 0 Å². The molecule has 0 saturated carbocycles. The molecule has 0 aliphatic carbocycles. The van der Waals surface area contributed by atoms with Crippen LogP contribution in [-0.2, 0) is 22.6 Å². The number of rotatable bonds is 7. The normalized spacial score (nSPS) is 19.3. The molecule has 1 atom stereocenters. The molecule has 6 heteroatoms. The van der Waals surface area contributed by atoms with Gasteiger partial charge in [-0.15, -0.1) is 0 Å². The van der Waals surface area contributed by atoms with Gasteiger partial charge in [-0.1, -0.05) is 24.3 Å². The molecule has 2 rings (SSSR count). The van der Waals surface area contributed by atoms with Crippen LogP contribution in [0, 0.1) is 0 Å². The second-order valence-corrected chi connectivity index (χ2v) is 6.08. The molecule has 0 aromatic heterocycles. The molecule has 0 bridgehead atoms. The molecular formula is C18H30N4O2. The van der Waals surface area contributed by atoms with Crippen molar-refractivity contribution in [2.45, 2.75) is 26.1 Å². The third kappa shape index (κ3) is 6.47. The monoisotopic (exact) mass is 334 g/mol. The summed E-state index contributed by atoms with van der Waals surface area (Å²) in [6, 6.07) is 8.71. The minimum Gasteiger partial charge on any atom is -0.383 e. The highest BCUT2D eigenvalue weighted by Crippen LogP contribution is 2.12. The average Bonchev–Trinajstić information content (AvgIpc) is 2.58. The largest absolute Gasteiger partial charge is 0.383 e. The van der Waals surface area contributed by atoms with Crippen LogP contribution in [0.1, 0.15) is 18.1 Å². The van der Waals surface area contributed by atoms with E-state index >= 15 is 0 Å². The highest BCUT2D eigenvalue weighted by molar-refractivity contribution is 5.79. The summed E-state index contributed by atoms with van der Waals surface area (Å²) in [5.41, 5.74) is 2.59. The second kappa shape index (κ2) is 10.3. The van der Waals surface area contributed by atoms with Crippen LogP contribution >= 0.6 is 0 Å². The lowest BCUT2D eigenvalue weighted by atomic mass is 10.1. The molecule has 1 aliphatic heterocycles. The van der Waals surface area contributed by atoms with Crippen molar-refractivity contribution in [2.75, 3.05) is 47.0 Å². The van der Waals surface area contributed by atoms with Crippen LogP contribution in [0.2, 0.25) is 0 Å². The van der Waals surface area contributed by atoms with E-state index in [-0.39, 0.29) is 0 Å². The van der Waals surface area contributed by atoms with Crippen molar-refractivity contribution in [1.29, 1.82) is 0 Å². The Morgan fingerprint density at radius 1 is 1.38 bits per heavy atom. The first-order chi connectivity index (χ1) is 11.7. The number of benzene rings is 1. The molecule has 1 aromatic carbocycles. The van der Waals surface area contributed by atoms with Crippen LogP contribution in [-0.4, -0.2) is 64.0 Å². The van der Waals surface area contributed by atoms with Gasteiger partial charge in [0.2, 0.25) is 0 Å². The minimum atomic E-state index is 0.324. The Labute approximate surface area is 145 Å². The van der Waals surface area contributed by atoms with Crippen molar-refractivity contribution in [3.63, 3.8) is 0 Å². The lowest BCUT2D eigenvalue weighted by Crippen LogP contribution is -2.40. The van der Waals surface area contributed by atoms with E-state index in [1.807, 2.05) is 0 Å². The lowest BCUT2D eigenvalue weighted by molar-refractivity contribution is -0.0212. The van der Waals surface area contributed by atoms with E-state index in [1.165, 1.54) is 11.1 Å². The minimum absolute atomic E-state index is 0.324. The SMILES string of the molecule is CN=C(NCCOC)NCc1cccc(CN2CCOC(C)C2)c1. The fraction of sp³-hybridized carbons (Fsp3) is 0.611. The van der Waals surface area contributed by atoms with Gasteiger partial charge in [0, 0.05) is 46.9 Å². The van der Waals surface area contributed by atoms with Crippen LogP contribution in [0.4, 0.5) is 0 Å². The van der Waals surface area contributed by atoms with E-state index in [2.05, 4.69) is 51.7 Å². The summed E-state index contributed by atoms with van der Waals surface area (Å²) < 4.78 is 10.6. The average molecular weight is 334 g/mol. The topological polar surface area (TPSA) is 58.1 Å². The molecule has 24 heavy (non-hydrogen) atoms. The third-order valence-corrected chi connectivity index (χ3v) is 4.00. The highest BCUT2D eigenvalue weighted by atomic mass is 16.5. The van der Waals surface area contributed by atoms with Crippen LogP contribution in [0.15, 0.2) is 29.3 Å². The van der Waals surface area contributed by atoms with Gasteiger partial charge in [0.1, 0.15) is 0 Å². The molecule has 6 nitrogen and oxygen atoms in total. The van der Waals surface area contributed by atoms with E-state index in [9.17, 15) is 0 Å². The predicted molar refractivity (Wildman–Crippen MR) is 97.2 cm³/mol. The van der Waals surface area contributed by atoms with Crippen LogP contribution in [0.5, 0.6) is 0 Å². The van der Waals surface area contributed by atoms with Crippen molar-refractivity contribution < 1.29 is 9.47 Å². The molecule has 2 N–H and O–H groups in total. The van der Waals surface area contributed by atoms with Crippen LogP contribution in [0.3, 0.4) is 0 Å². The first kappa shape index (κ1) is 18.7. The Bertz CT molecular complexity index is 521. The van der Waals surface area contributed by atoms with Crippen molar-refractivity contribution >= 4 is 5.96 Å². The zero-order chi connectivity index (χ0) is 17.2. The molecular weight excluding hydrogens is 304 g/mol. The van der Waals surface area contributed by atoms with E-state index < -0.39 is 0 Å². The number of methoxy groups -OCH3 is 1. The number of hydrogen-bond donors (Lipinski definition) is 2. The first-order valence-corrected chi connectivity index (χ1v) is 8.56. The summed E-state index contributed by atoms with van der Waals surface area (Å²) in [5, 5.41) is 6.55. The Morgan fingerprint density at radius 3 is 2.96 bits per heavy atom. The van der Waals surface area contributed by atoms with Crippen molar-refractivity contribution in [3.8, 4) is 0 Å². The van der Waals surface area contributed by atoms with E-state index in [0.29, 0.717) is 12.7 Å². The van der Waals surface area contributed by atoms with Crippen LogP contribution < -0.4 is 10.6 Å². The van der Waals surface area contributed by atoms with Gasteiger partial charge < -0.3 is 20.1 Å². The second-order valence-electron chi connectivity index (χ2n) is 6.08. The van der Waals surface area contributed by atoms with E-state index in [0.717, 1.165) is 45.3 Å². The zero-order valence-electron chi connectivity index (χ0n) is 15.0. The highest BCUT2D eigenvalue weighted by Gasteiger charge is 2.16. The maximum Gasteiger partial charge on any atom is 0.191 e. The standard InChI is InChI=1S/C18H30N4O2/c1-15-13-22(8-10-24-15)14-17-6-4-5-16(11-17)12-21-18(19-2)20-7-9-23-3/h4-6,11,15H,7-10,12-14H2,1-3H3,(H2,19,20,21). The third-order valence-electron chi connectivity index (χ3n) is 4.00. The summed E-state index contributed by atoms with van der Waals surface area (Å²) >= 11 is 0. The quantitative estimate of drug-likeness (QED) is 0.446. The fourth-order valence-electron chi connectivity index (χ4n) is 2.81. The van der Waals surface area contributed by atoms with Crippen molar-refractivity contribution in [1.82, 2.24) is 15.5 Å². The van der Waals surface area contributed by atoms with Crippen molar-refractivity contribution in [3.05, 3.63) is 35.4 Å². The summed E-state index contributed by atoms with van der Waals surface area (Å²) in [6.07, 6.45) is 0.324. The van der Waals surface area contributed by atoms with Gasteiger partial charge in [-0.05, 0) is 18.1 Å². The van der Waals surface area contributed by atoms with Gasteiger partial charge in [0.15, 0.2) is 5.96 Å². The molecule has 1 aromatic rings. The van der Waals surface area contributed by atoms with Gasteiger partial charge >= 0.3 is 0 Å². The fourth-order valence-corrected chi connectivity index (χ4v) is 2.81. The van der Waals surface area contributed by atoms with E-state index in [4.69, 9.17) is 9.47 Å². The number of hydrogen-bond acceptors (Lipinski definition) is 4. The molecule has 134 valence electrons. The summed E-state index contributed by atoms with van der Waals surface area (Å²) in [4.78, 5) is 6.67. The Balaban J connectivity index is 1.83. The lowest BCUT2D eigenvalue weighted by Gasteiger charge is -2.31. The predicted octanol–water partition coefficient (Wildman–Crippen LogP) is 1.22. The van der Waals surface area contributed by atoms with Gasteiger partial charge in [0.05, 0.1) is 19.3 Å². The molecule has 1 unspecified atom stereocenters. The van der Waals surface area contributed by atoms with Gasteiger partial charge in [0.25, 0.3) is 0 Å². The van der Waals surface area contributed by atoms with Gasteiger partial charge in [-0.3, -0.25) is 9.89 Å². The number of morpholine rings is 1. The van der Waals surface area contributed by atoms with Crippen LogP contribution in [0.25, 0.3) is 0 Å². The maximum atomic E-state index is 5.61. The number of nitrogens with zero attached hydrogens (tertiary/aromatic N) is 2. The zero-order valence-corrected chi connectivity index (χ0v) is 15.0. The summed E-state index contributed by atoms with van der Waals surface area (Å²) in [5.74, 6) is 0.791. The first-order valence-electron chi connectivity index (χ1n) is 8.56. The smallest absolute Gasteiger partial charge is 0.191 e.